The lowest BCUT2D eigenvalue weighted by atomic mass is 9.82. The van der Waals surface area contributed by atoms with E-state index < -0.39 is 12.0 Å². The average Bonchev–Trinajstić information content (AvgIpc) is 2.66. The second-order valence-corrected chi connectivity index (χ2v) is 7.46. The Morgan fingerprint density at radius 3 is 2.62 bits per heavy atom. The third kappa shape index (κ3) is 4.28. The van der Waals surface area contributed by atoms with Crippen LogP contribution in [0.5, 0.6) is 0 Å². The third-order valence-electron chi connectivity index (χ3n) is 4.90. The molecule has 0 saturated heterocycles. The molecule has 1 aliphatic rings. The van der Waals surface area contributed by atoms with Gasteiger partial charge in [0.05, 0.1) is 18.4 Å². The van der Waals surface area contributed by atoms with E-state index in [0.29, 0.717) is 0 Å². The molecule has 1 aliphatic carbocycles. The molecule has 0 bridgehead atoms. The molecule has 0 saturated carbocycles. The van der Waals surface area contributed by atoms with Crippen LogP contribution in [0.4, 0.5) is 0 Å². The number of amides is 1. The topological polar surface area (TPSA) is 66.4 Å². The molecule has 0 fully saturated rings. The molecule has 0 radical (unpaired) electrons. The zero-order chi connectivity index (χ0) is 18.5. The summed E-state index contributed by atoms with van der Waals surface area (Å²) in [5, 5.41) is 12.3. The van der Waals surface area contributed by atoms with E-state index in [1.165, 1.54) is 5.56 Å². The maximum absolute atomic E-state index is 12.9. The van der Waals surface area contributed by atoms with Crippen LogP contribution in [-0.4, -0.2) is 23.2 Å². The van der Waals surface area contributed by atoms with Gasteiger partial charge in [-0.3, -0.25) is 9.59 Å². The van der Waals surface area contributed by atoms with E-state index in [1.54, 1.807) is 11.8 Å². The van der Waals surface area contributed by atoms with Crippen molar-refractivity contribution in [3.63, 3.8) is 0 Å². The van der Waals surface area contributed by atoms with Crippen molar-refractivity contribution in [3.05, 3.63) is 65.2 Å². The van der Waals surface area contributed by atoms with Gasteiger partial charge >= 0.3 is 5.97 Å². The predicted molar refractivity (Wildman–Crippen MR) is 103 cm³/mol. The van der Waals surface area contributed by atoms with E-state index in [1.807, 2.05) is 48.7 Å². The lowest BCUT2D eigenvalue weighted by molar-refractivity contribution is -0.137. The van der Waals surface area contributed by atoms with E-state index >= 15 is 0 Å². The summed E-state index contributed by atoms with van der Waals surface area (Å²) < 4.78 is 0. The van der Waals surface area contributed by atoms with Crippen molar-refractivity contribution in [1.29, 1.82) is 0 Å². The monoisotopic (exact) mass is 369 g/mol. The van der Waals surface area contributed by atoms with Crippen LogP contribution < -0.4 is 5.32 Å². The molecule has 2 unspecified atom stereocenters. The van der Waals surface area contributed by atoms with Gasteiger partial charge in [0.1, 0.15) is 0 Å². The van der Waals surface area contributed by atoms with Gasteiger partial charge in [0.15, 0.2) is 0 Å². The Bertz CT molecular complexity index is 788. The minimum Gasteiger partial charge on any atom is -0.481 e. The zero-order valence-corrected chi connectivity index (χ0v) is 15.6. The first-order valence-electron chi connectivity index (χ1n) is 8.82. The normalized spacial score (nSPS) is 17.2. The first-order chi connectivity index (χ1) is 12.6. The smallest absolute Gasteiger partial charge is 0.305 e. The van der Waals surface area contributed by atoms with Gasteiger partial charge in [0, 0.05) is 4.90 Å². The lowest BCUT2D eigenvalue weighted by Gasteiger charge is -2.27. The highest BCUT2D eigenvalue weighted by atomic mass is 32.2. The molecule has 4 nitrogen and oxygen atoms in total. The number of carbonyl (C=O) groups excluding carboxylic acids is 1. The highest BCUT2D eigenvalue weighted by Crippen LogP contribution is 2.32. The van der Waals surface area contributed by atoms with Gasteiger partial charge in [-0.05, 0) is 54.3 Å². The molecule has 26 heavy (non-hydrogen) atoms. The molecule has 0 aliphatic heterocycles. The quantitative estimate of drug-likeness (QED) is 0.751. The first kappa shape index (κ1) is 18.5. The number of carboxylic acids is 1. The first-order valence-corrected chi connectivity index (χ1v) is 10.0. The molecule has 0 heterocycles. The molecular weight excluding hydrogens is 346 g/mol. The summed E-state index contributed by atoms with van der Waals surface area (Å²) in [4.78, 5) is 25.4. The number of carbonyl (C=O) groups is 2. The number of nitrogens with one attached hydrogen (secondary N) is 1. The van der Waals surface area contributed by atoms with Gasteiger partial charge in [0.25, 0.3) is 0 Å². The number of benzene rings is 2. The molecular formula is C21H23NO3S. The maximum Gasteiger partial charge on any atom is 0.305 e. The fraction of sp³-hybridized carbons (Fsp3) is 0.333. The van der Waals surface area contributed by atoms with Gasteiger partial charge in [-0.25, -0.2) is 0 Å². The van der Waals surface area contributed by atoms with Gasteiger partial charge < -0.3 is 10.4 Å². The molecule has 2 atom stereocenters. The zero-order valence-electron chi connectivity index (χ0n) is 14.8. The fourth-order valence-corrected chi connectivity index (χ4v) is 3.97. The van der Waals surface area contributed by atoms with Crippen molar-refractivity contribution < 1.29 is 14.7 Å². The number of aliphatic carboxylic acids is 1. The predicted octanol–water partition coefficient (Wildman–Crippen LogP) is 4.16. The van der Waals surface area contributed by atoms with Crippen LogP contribution in [0.2, 0.25) is 0 Å². The Morgan fingerprint density at radius 2 is 1.92 bits per heavy atom. The Morgan fingerprint density at radius 1 is 1.19 bits per heavy atom. The second-order valence-electron chi connectivity index (χ2n) is 6.58. The van der Waals surface area contributed by atoms with Crippen LogP contribution in [-0.2, 0) is 16.0 Å². The van der Waals surface area contributed by atoms with E-state index in [-0.39, 0.29) is 18.2 Å². The Labute approximate surface area is 158 Å². The van der Waals surface area contributed by atoms with Gasteiger partial charge in [0.2, 0.25) is 5.91 Å². The van der Waals surface area contributed by atoms with Crippen LogP contribution in [0.1, 0.15) is 47.9 Å². The fourth-order valence-electron chi connectivity index (χ4n) is 3.56. The number of rotatable bonds is 6. The molecule has 3 rings (SSSR count). The minimum atomic E-state index is -0.923. The van der Waals surface area contributed by atoms with Crippen LogP contribution >= 0.6 is 11.8 Å². The van der Waals surface area contributed by atoms with Crippen molar-refractivity contribution in [3.8, 4) is 0 Å². The summed E-state index contributed by atoms with van der Waals surface area (Å²) in [6, 6.07) is 15.2. The Balaban J connectivity index is 1.80. The molecule has 136 valence electrons. The molecule has 0 spiro atoms. The molecule has 1 amide bonds. The Hall–Kier alpha value is -2.27. The Kier molecular flexibility index (Phi) is 5.99. The van der Waals surface area contributed by atoms with Crippen molar-refractivity contribution in [1.82, 2.24) is 5.32 Å². The lowest BCUT2D eigenvalue weighted by Crippen LogP contribution is -2.35. The number of hydrogen-bond donors (Lipinski definition) is 2. The molecule has 2 N–H and O–H groups in total. The van der Waals surface area contributed by atoms with E-state index in [2.05, 4.69) is 11.4 Å². The summed E-state index contributed by atoms with van der Waals surface area (Å²) in [7, 11) is 0. The van der Waals surface area contributed by atoms with Crippen LogP contribution in [0.15, 0.2) is 53.4 Å². The highest BCUT2D eigenvalue weighted by molar-refractivity contribution is 7.98. The number of aryl methyl sites for hydroxylation is 1. The largest absolute Gasteiger partial charge is 0.481 e. The van der Waals surface area contributed by atoms with Crippen molar-refractivity contribution >= 4 is 23.6 Å². The van der Waals surface area contributed by atoms with Crippen LogP contribution in [0.3, 0.4) is 0 Å². The number of carboxylic acid groups (broad SMARTS) is 1. The highest BCUT2D eigenvalue weighted by Gasteiger charge is 2.28. The molecule has 0 aromatic heterocycles. The van der Waals surface area contributed by atoms with Crippen LogP contribution in [0, 0.1) is 0 Å². The average molecular weight is 369 g/mol. The van der Waals surface area contributed by atoms with Crippen molar-refractivity contribution in [2.24, 2.45) is 0 Å². The number of fused-ring (bicyclic) bond motifs is 1. The summed E-state index contributed by atoms with van der Waals surface area (Å²) in [5.41, 5.74) is 3.11. The van der Waals surface area contributed by atoms with Gasteiger partial charge in [-0.2, -0.15) is 0 Å². The second kappa shape index (κ2) is 8.41. The minimum absolute atomic E-state index is 0.0858. The molecule has 2 aromatic carbocycles. The van der Waals surface area contributed by atoms with Gasteiger partial charge in [-0.1, -0.05) is 36.4 Å². The molecule has 5 heteroatoms. The summed E-state index contributed by atoms with van der Waals surface area (Å²) in [6.45, 7) is 0. The van der Waals surface area contributed by atoms with Gasteiger partial charge in [-0.15, -0.1) is 11.8 Å². The SMILES string of the molecule is CSc1ccc(C(CC(=O)O)NC(=O)C2CCCc3ccccc32)cc1. The summed E-state index contributed by atoms with van der Waals surface area (Å²) in [5.74, 6) is -1.22. The van der Waals surface area contributed by atoms with Crippen LogP contribution in [0.25, 0.3) is 0 Å². The standard InChI is InChI=1S/C21H23NO3S/c1-26-16-11-9-15(10-12-16)19(13-20(23)24)22-21(25)18-8-4-6-14-5-2-3-7-17(14)18/h2-3,5,7,9-12,18-19H,4,6,8,13H2,1H3,(H,22,25)(H,23,24). The van der Waals surface area contributed by atoms with E-state index in [4.69, 9.17) is 0 Å². The van der Waals surface area contributed by atoms with E-state index in [0.717, 1.165) is 35.3 Å². The number of hydrogen-bond acceptors (Lipinski definition) is 3. The maximum atomic E-state index is 12.9. The van der Waals surface area contributed by atoms with Crippen molar-refractivity contribution in [2.45, 2.75) is 42.5 Å². The van der Waals surface area contributed by atoms with Crippen molar-refractivity contribution in [2.75, 3.05) is 6.26 Å². The molecule has 2 aromatic rings. The summed E-state index contributed by atoms with van der Waals surface area (Å²) >= 11 is 1.63. The number of thioether (sulfide) groups is 1. The summed E-state index contributed by atoms with van der Waals surface area (Å²) in [6.07, 6.45) is 4.63. The third-order valence-corrected chi connectivity index (χ3v) is 5.64. The van der Waals surface area contributed by atoms with E-state index in [9.17, 15) is 14.7 Å².